The largest absolute Gasteiger partial charge is 0.494 e. The second kappa shape index (κ2) is 11.0. The number of anilines is 2. The molecule has 2 unspecified atom stereocenters. The Labute approximate surface area is 224 Å². The Balaban J connectivity index is 1.46. The van der Waals surface area contributed by atoms with Crippen molar-refractivity contribution in [2.24, 2.45) is 0 Å². The van der Waals surface area contributed by atoms with Crippen molar-refractivity contribution in [2.45, 2.75) is 24.7 Å². The van der Waals surface area contributed by atoms with Crippen LogP contribution in [0.3, 0.4) is 0 Å². The van der Waals surface area contributed by atoms with Gasteiger partial charge in [0.05, 0.1) is 37.8 Å². The number of piperidine rings is 1. The van der Waals surface area contributed by atoms with E-state index in [2.05, 4.69) is 26.0 Å². The molecule has 1 aromatic carbocycles. The number of nitrogens with one attached hydrogen (secondary N) is 1. The number of benzene rings is 1. The van der Waals surface area contributed by atoms with E-state index in [1.54, 1.807) is 31.0 Å². The number of hydrogen-bond donors (Lipinski definition) is 2. The Morgan fingerprint density at radius 2 is 1.92 bits per heavy atom. The number of aryl methyl sites for hydroxylation is 1. The monoisotopic (exact) mass is 533 g/mol. The molecule has 1 aliphatic heterocycles. The fourth-order valence-corrected chi connectivity index (χ4v) is 5.43. The van der Waals surface area contributed by atoms with Crippen molar-refractivity contribution < 1.29 is 19.0 Å². The van der Waals surface area contributed by atoms with Gasteiger partial charge in [-0.1, -0.05) is 6.07 Å². The van der Waals surface area contributed by atoms with Gasteiger partial charge in [0.1, 0.15) is 29.0 Å². The number of β-amino-alcohol motifs (C(OH)–C–C–N with tert-alkyl or cyclic N) is 1. The minimum absolute atomic E-state index is 0.00325. The van der Waals surface area contributed by atoms with Crippen LogP contribution in [0.4, 0.5) is 11.6 Å². The predicted octanol–water partition coefficient (Wildman–Crippen LogP) is 3.82. The lowest BCUT2D eigenvalue weighted by atomic mass is 10.1. The number of ether oxygens (including phenoxy) is 2. The van der Waals surface area contributed by atoms with Crippen molar-refractivity contribution in [3.63, 3.8) is 0 Å². The van der Waals surface area contributed by atoms with Gasteiger partial charge in [-0.15, -0.1) is 10.2 Å². The summed E-state index contributed by atoms with van der Waals surface area (Å²) in [5, 5.41) is 28.7. The molecule has 1 aliphatic rings. The molecule has 1 saturated heterocycles. The molecule has 3 aromatic heterocycles. The molecule has 4 heterocycles. The van der Waals surface area contributed by atoms with E-state index in [4.69, 9.17) is 13.9 Å². The van der Waals surface area contributed by atoms with Gasteiger partial charge in [0, 0.05) is 24.5 Å². The van der Waals surface area contributed by atoms with Gasteiger partial charge in [-0.3, -0.25) is 14.3 Å². The van der Waals surface area contributed by atoms with Gasteiger partial charge >= 0.3 is 0 Å². The molecule has 2 N–H and O–H groups in total. The molecular weight excluding hydrogens is 506 g/mol. The van der Waals surface area contributed by atoms with Gasteiger partial charge in [0.2, 0.25) is 11.8 Å². The lowest BCUT2D eigenvalue weighted by molar-refractivity contribution is 0.156. The Bertz CT molecular complexity index is 1440. The Hall–Kier alpha value is -4.21. The number of para-hydroxylation sites is 1. The van der Waals surface area contributed by atoms with Gasteiger partial charge in [-0.05, 0) is 55.6 Å². The van der Waals surface area contributed by atoms with Gasteiger partial charge in [0.15, 0.2) is 5.76 Å². The fourth-order valence-electron chi connectivity index (χ4n) is 4.45. The zero-order valence-electron chi connectivity index (χ0n) is 21.2. The maximum atomic E-state index is 10.6. The molecule has 0 radical (unpaired) electrons. The Morgan fingerprint density at radius 1 is 1.13 bits per heavy atom. The molecule has 0 aliphatic carbocycles. The van der Waals surface area contributed by atoms with Crippen molar-refractivity contribution >= 4 is 23.6 Å². The van der Waals surface area contributed by atoms with Crippen LogP contribution in [0.5, 0.6) is 11.5 Å². The van der Waals surface area contributed by atoms with Crippen molar-refractivity contribution in [3.05, 3.63) is 60.1 Å². The van der Waals surface area contributed by atoms with Gasteiger partial charge in [-0.25, -0.2) is 0 Å². The van der Waals surface area contributed by atoms with Crippen LogP contribution < -0.4 is 19.1 Å². The SMILES string of the molecule is COc1cccc(OC)c1-n1c(NSC2CC(O)CN(c3cncc(C#N)c3)C2)nnc1-c1ccc(C)o1. The van der Waals surface area contributed by atoms with E-state index in [1.807, 2.05) is 42.2 Å². The van der Waals surface area contributed by atoms with E-state index in [9.17, 15) is 10.4 Å². The second-order valence-corrected chi connectivity index (χ2v) is 9.89. The summed E-state index contributed by atoms with van der Waals surface area (Å²) >= 11 is 1.44. The standard InChI is InChI=1S/C26H27N7O4S/c1-16-7-8-23(37-16)25-29-30-26(33(25)24-21(35-2)5-4-6-22(24)36-3)31-38-20-10-19(34)14-32(15-20)18-9-17(11-27)12-28-13-18/h4-9,12-13,19-20,34H,10,14-15H2,1-3H3,(H,30,31). The molecular formula is C26H27N7O4S. The first-order valence-corrected chi connectivity index (χ1v) is 12.8. The average Bonchev–Trinajstić information content (AvgIpc) is 3.56. The van der Waals surface area contributed by atoms with E-state index in [0.717, 1.165) is 11.4 Å². The van der Waals surface area contributed by atoms with Crippen LogP contribution in [0.1, 0.15) is 17.7 Å². The highest BCUT2D eigenvalue weighted by molar-refractivity contribution is 8.01. The van der Waals surface area contributed by atoms with Gasteiger partial charge in [-0.2, -0.15) is 5.26 Å². The molecule has 11 nitrogen and oxygen atoms in total. The predicted molar refractivity (Wildman–Crippen MR) is 144 cm³/mol. The molecule has 38 heavy (non-hydrogen) atoms. The third kappa shape index (κ3) is 5.11. The van der Waals surface area contributed by atoms with Crippen LogP contribution in [0, 0.1) is 18.3 Å². The van der Waals surface area contributed by atoms with Crippen LogP contribution in [0.15, 0.2) is 53.2 Å². The molecule has 4 aromatic rings. The Morgan fingerprint density at radius 3 is 2.61 bits per heavy atom. The average molecular weight is 534 g/mol. The highest BCUT2D eigenvalue weighted by Crippen LogP contribution is 2.39. The molecule has 0 spiro atoms. The van der Waals surface area contributed by atoms with Crippen molar-refractivity contribution in [1.82, 2.24) is 19.7 Å². The van der Waals surface area contributed by atoms with E-state index in [0.29, 0.717) is 59.8 Å². The zero-order chi connectivity index (χ0) is 26.6. The lowest BCUT2D eigenvalue weighted by Gasteiger charge is -2.36. The highest BCUT2D eigenvalue weighted by atomic mass is 32.2. The maximum Gasteiger partial charge on any atom is 0.239 e. The summed E-state index contributed by atoms with van der Waals surface area (Å²) in [4.78, 5) is 6.20. The number of methoxy groups -OCH3 is 2. The summed E-state index contributed by atoms with van der Waals surface area (Å²) in [7, 11) is 3.19. The molecule has 12 heteroatoms. The third-order valence-electron chi connectivity index (χ3n) is 6.17. The van der Waals surface area contributed by atoms with Crippen LogP contribution in [-0.2, 0) is 0 Å². The second-order valence-electron chi connectivity index (χ2n) is 8.78. The fraction of sp³-hybridized carbons (Fsp3) is 0.308. The van der Waals surface area contributed by atoms with Crippen LogP contribution >= 0.6 is 11.9 Å². The zero-order valence-corrected chi connectivity index (χ0v) is 22.0. The topological polar surface area (TPSA) is 134 Å². The van der Waals surface area contributed by atoms with Crippen LogP contribution in [0.25, 0.3) is 17.3 Å². The number of aromatic nitrogens is 4. The molecule has 2 atom stereocenters. The number of nitriles is 1. The summed E-state index contributed by atoms with van der Waals surface area (Å²) in [6.45, 7) is 2.97. The van der Waals surface area contributed by atoms with Gasteiger partial charge in [0.25, 0.3) is 0 Å². The quantitative estimate of drug-likeness (QED) is 0.320. The lowest BCUT2D eigenvalue weighted by Crippen LogP contribution is -2.45. The summed E-state index contributed by atoms with van der Waals surface area (Å²) < 4.78 is 22.3. The number of rotatable bonds is 8. The molecule has 196 valence electrons. The van der Waals surface area contributed by atoms with Crippen LogP contribution in [-0.4, -0.2) is 63.5 Å². The molecule has 0 bridgehead atoms. The number of pyridine rings is 1. The minimum Gasteiger partial charge on any atom is -0.494 e. The van der Waals surface area contributed by atoms with Crippen molar-refractivity contribution in [3.8, 4) is 34.8 Å². The smallest absolute Gasteiger partial charge is 0.239 e. The first-order valence-electron chi connectivity index (χ1n) is 11.9. The molecule has 0 amide bonds. The summed E-state index contributed by atoms with van der Waals surface area (Å²) in [5.41, 5.74) is 1.90. The van der Waals surface area contributed by atoms with E-state index in [-0.39, 0.29) is 5.25 Å². The Kier molecular flexibility index (Phi) is 7.39. The van der Waals surface area contributed by atoms with E-state index in [1.165, 1.54) is 18.1 Å². The summed E-state index contributed by atoms with van der Waals surface area (Å²) in [6.07, 6.45) is 3.27. The summed E-state index contributed by atoms with van der Waals surface area (Å²) in [6, 6.07) is 13.1. The van der Waals surface area contributed by atoms with E-state index < -0.39 is 6.10 Å². The van der Waals surface area contributed by atoms with E-state index >= 15 is 0 Å². The molecule has 0 saturated carbocycles. The van der Waals surface area contributed by atoms with Gasteiger partial charge < -0.3 is 23.9 Å². The third-order valence-corrected chi connectivity index (χ3v) is 7.15. The number of hydrogen-bond acceptors (Lipinski definition) is 11. The molecule has 1 fully saturated rings. The first kappa shape index (κ1) is 25.4. The maximum absolute atomic E-state index is 10.6. The van der Waals surface area contributed by atoms with Crippen molar-refractivity contribution in [1.29, 1.82) is 5.26 Å². The minimum atomic E-state index is -0.539. The number of furan rings is 1. The first-order chi connectivity index (χ1) is 18.5. The molecule has 5 rings (SSSR count). The number of aliphatic hydroxyl groups is 1. The highest BCUT2D eigenvalue weighted by Gasteiger charge is 2.29. The number of aliphatic hydroxyl groups excluding tert-OH is 1. The van der Waals surface area contributed by atoms with Crippen molar-refractivity contribution in [2.75, 3.05) is 36.9 Å². The number of nitrogens with zero attached hydrogens (tertiary/aromatic N) is 6. The van der Waals surface area contributed by atoms with Crippen LogP contribution in [0.2, 0.25) is 0 Å². The normalized spacial score (nSPS) is 17.2. The summed E-state index contributed by atoms with van der Waals surface area (Å²) in [5.74, 6) is 3.37.